The van der Waals surface area contributed by atoms with Gasteiger partial charge in [-0.3, -0.25) is 10.2 Å². The van der Waals surface area contributed by atoms with Crippen molar-refractivity contribution in [2.24, 2.45) is 5.73 Å². The molecule has 9 nitrogen and oxygen atoms in total. The first-order valence-corrected chi connectivity index (χ1v) is 10.6. The second kappa shape index (κ2) is 9.90. The Hall–Kier alpha value is -2.85. The summed E-state index contributed by atoms with van der Waals surface area (Å²) in [5.41, 5.74) is 8.01. The lowest BCUT2D eigenvalue weighted by Gasteiger charge is -2.07. The molecule has 0 radical (unpaired) electrons. The highest BCUT2D eigenvalue weighted by Crippen LogP contribution is 2.20. The molecule has 0 amide bonds. The van der Waals surface area contributed by atoms with Crippen molar-refractivity contribution in [1.82, 2.24) is 14.7 Å². The minimum Gasteiger partial charge on any atom is -0.387 e. The molecule has 0 bridgehead atoms. The Bertz CT molecular complexity index is 929. The summed E-state index contributed by atoms with van der Waals surface area (Å²) in [6.07, 6.45) is 5.36. The van der Waals surface area contributed by atoms with Crippen LogP contribution in [0, 0.1) is 5.41 Å². The van der Waals surface area contributed by atoms with E-state index in [1.54, 1.807) is 12.4 Å². The Kier molecular flexibility index (Phi) is 7.59. The zero-order chi connectivity index (χ0) is 20.6. The summed E-state index contributed by atoms with van der Waals surface area (Å²) in [6, 6.07) is 7.75. The molecule has 1 aromatic carbocycles. The van der Waals surface area contributed by atoms with Gasteiger partial charge in [-0.2, -0.15) is 0 Å². The molecule has 0 spiro atoms. The predicted octanol–water partition coefficient (Wildman–Crippen LogP) is 0.932. The van der Waals surface area contributed by atoms with E-state index < -0.39 is 10.0 Å². The van der Waals surface area contributed by atoms with Gasteiger partial charge in [-0.05, 0) is 17.5 Å². The van der Waals surface area contributed by atoms with Crippen LogP contribution in [0.2, 0.25) is 0 Å². The molecule has 2 aromatic rings. The van der Waals surface area contributed by atoms with E-state index in [-0.39, 0.29) is 24.6 Å². The van der Waals surface area contributed by atoms with Crippen LogP contribution < -0.4 is 15.8 Å². The normalized spacial score (nSPS) is 11.2. The quantitative estimate of drug-likeness (QED) is 0.247. The lowest BCUT2D eigenvalue weighted by Crippen LogP contribution is -2.27. The number of nitrogens with one attached hydrogen (secondary N) is 3. The van der Waals surface area contributed by atoms with E-state index in [0.717, 1.165) is 22.9 Å². The molecule has 10 heteroatoms. The number of carbonyl (C=O) groups excluding carboxylic acids is 1. The molecule has 0 unspecified atom stereocenters. The maximum Gasteiger partial charge on any atom is 0.222 e. The second-order valence-electron chi connectivity index (χ2n) is 6.33. The van der Waals surface area contributed by atoms with Gasteiger partial charge in [0.15, 0.2) is 0 Å². The lowest BCUT2D eigenvalue weighted by molar-refractivity contribution is -0.117. The minimum atomic E-state index is -3.21. The van der Waals surface area contributed by atoms with Crippen LogP contribution in [-0.4, -0.2) is 49.3 Å². The van der Waals surface area contributed by atoms with Crippen LogP contribution in [0.3, 0.4) is 0 Å². The fourth-order valence-electron chi connectivity index (χ4n) is 2.47. The highest BCUT2D eigenvalue weighted by atomic mass is 32.2. The molecular weight excluding hydrogens is 380 g/mol. The van der Waals surface area contributed by atoms with Crippen molar-refractivity contribution >= 4 is 27.6 Å². The van der Waals surface area contributed by atoms with Crippen molar-refractivity contribution < 1.29 is 13.2 Å². The van der Waals surface area contributed by atoms with E-state index in [4.69, 9.17) is 11.1 Å². The van der Waals surface area contributed by atoms with Crippen molar-refractivity contribution in [2.45, 2.75) is 19.3 Å². The number of aryl methyl sites for hydroxylation is 1. The van der Waals surface area contributed by atoms with Gasteiger partial charge < -0.3 is 11.1 Å². The highest BCUT2D eigenvalue weighted by molar-refractivity contribution is 7.88. The number of nitrogens with two attached hydrogens (primary N) is 1. The van der Waals surface area contributed by atoms with Gasteiger partial charge >= 0.3 is 0 Å². The zero-order valence-electron chi connectivity index (χ0n) is 15.6. The molecule has 2 rings (SSSR count). The van der Waals surface area contributed by atoms with Crippen LogP contribution in [0.1, 0.15) is 18.4 Å². The molecule has 0 saturated carbocycles. The number of nitrogens with zero attached hydrogens (tertiary/aromatic N) is 2. The van der Waals surface area contributed by atoms with E-state index >= 15 is 0 Å². The molecule has 5 N–H and O–H groups in total. The van der Waals surface area contributed by atoms with Gasteiger partial charge in [0.25, 0.3) is 0 Å². The third kappa shape index (κ3) is 7.80. The van der Waals surface area contributed by atoms with Crippen molar-refractivity contribution in [3.63, 3.8) is 0 Å². The first-order valence-electron chi connectivity index (χ1n) is 8.67. The Labute approximate surface area is 164 Å². The largest absolute Gasteiger partial charge is 0.387 e. The number of benzene rings is 1. The van der Waals surface area contributed by atoms with Crippen LogP contribution in [0.25, 0.3) is 11.1 Å². The molecule has 1 aromatic heterocycles. The SMILES string of the molecule is CS(=O)(=O)NCCNc1ncc(-c2cccc(CCC(=O)CC(=N)N)c2)cn1. The molecule has 0 aliphatic heterocycles. The number of hydrogen-bond acceptors (Lipinski definition) is 7. The van der Waals surface area contributed by atoms with Gasteiger partial charge in [0, 0.05) is 37.5 Å². The molecule has 0 atom stereocenters. The lowest BCUT2D eigenvalue weighted by atomic mass is 10.0. The summed E-state index contributed by atoms with van der Waals surface area (Å²) in [6.45, 7) is 0.616. The van der Waals surface area contributed by atoms with Crippen LogP contribution in [0.15, 0.2) is 36.7 Å². The standard InChI is InChI=1S/C18H24N6O3S/c1-28(26,27)24-8-7-21-18-22-11-15(12-23-18)14-4-2-3-13(9-14)5-6-16(25)10-17(19)20/h2-4,9,11-12,24H,5-8,10H2,1H3,(H3,19,20)(H,21,22,23). The number of ketones is 1. The van der Waals surface area contributed by atoms with Crippen molar-refractivity contribution in [3.8, 4) is 11.1 Å². The summed E-state index contributed by atoms with van der Waals surface area (Å²) in [5.74, 6) is 0.240. The molecule has 0 fully saturated rings. The summed E-state index contributed by atoms with van der Waals surface area (Å²) in [4.78, 5) is 20.2. The Morgan fingerprint density at radius 3 is 2.54 bits per heavy atom. The molecule has 0 saturated heterocycles. The number of anilines is 1. The molecule has 150 valence electrons. The highest BCUT2D eigenvalue weighted by Gasteiger charge is 2.06. The smallest absolute Gasteiger partial charge is 0.222 e. The zero-order valence-corrected chi connectivity index (χ0v) is 16.4. The number of aromatic nitrogens is 2. The second-order valence-corrected chi connectivity index (χ2v) is 8.16. The first kappa shape index (κ1) is 21.5. The van der Waals surface area contributed by atoms with Gasteiger partial charge in [-0.25, -0.2) is 23.1 Å². The van der Waals surface area contributed by atoms with Gasteiger partial charge in [0.05, 0.1) is 18.5 Å². The topological polar surface area (TPSA) is 151 Å². The number of Topliss-reactive ketones (excluding diaryl/α,β-unsaturated/α-hetero) is 1. The summed E-state index contributed by atoms with van der Waals surface area (Å²) >= 11 is 0. The maximum absolute atomic E-state index is 11.7. The van der Waals surface area contributed by atoms with E-state index in [1.165, 1.54) is 0 Å². The summed E-state index contributed by atoms with van der Waals surface area (Å²) < 4.78 is 24.4. The molecule has 28 heavy (non-hydrogen) atoms. The van der Waals surface area contributed by atoms with E-state index in [1.807, 2.05) is 24.3 Å². The van der Waals surface area contributed by atoms with E-state index in [2.05, 4.69) is 20.0 Å². The van der Waals surface area contributed by atoms with Gasteiger partial charge in [-0.1, -0.05) is 24.3 Å². The summed E-state index contributed by atoms with van der Waals surface area (Å²) in [5, 5.41) is 10.1. The number of carbonyl (C=O) groups is 1. The van der Waals surface area contributed by atoms with Gasteiger partial charge in [0.1, 0.15) is 5.78 Å². The third-order valence-electron chi connectivity index (χ3n) is 3.76. The van der Waals surface area contributed by atoms with Crippen molar-refractivity contribution in [2.75, 3.05) is 24.7 Å². The minimum absolute atomic E-state index is 0.0122. The average molecular weight is 404 g/mol. The number of rotatable bonds is 11. The van der Waals surface area contributed by atoms with Crippen molar-refractivity contribution in [1.29, 1.82) is 5.41 Å². The number of amidine groups is 1. The molecular formula is C18H24N6O3S. The van der Waals surface area contributed by atoms with Crippen LogP contribution in [0.4, 0.5) is 5.95 Å². The van der Waals surface area contributed by atoms with Crippen LogP contribution >= 0.6 is 0 Å². The first-order chi connectivity index (χ1) is 13.2. The average Bonchev–Trinajstić information content (AvgIpc) is 2.63. The Morgan fingerprint density at radius 2 is 1.89 bits per heavy atom. The van der Waals surface area contributed by atoms with E-state index in [9.17, 15) is 13.2 Å². The fourth-order valence-corrected chi connectivity index (χ4v) is 2.94. The van der Waals surface area contributed by atoms with Gasteiger partial charge in [-0.15, -0.1) is 0 Å². The van der Waals surface area contributed by atoms with Crippen LogP contribution in [-0.2, 0) is 21.2 Å². The fraction of sp³-hybridized carbons (Fsp3) is 0.333. The predicted molar refractivity (Wildman–Crippen MR) is 109 cm³/mol. The number of sulfonamides is 1. The van der Waals surface area contributed by atoms with Gasteiger partial charge in [0.2, 0.25) is 16.0 Å². The number of hydrogen-bond donors (Lipinski definition) is 4. The Morgan fingerprint density at radius 1 is 1.18 bits per heavy atom. The van der Waals surface area contributed by atoms with Crippen molar-refractivity contribution in [3.05, 3.63) is 42.2 Å². The Balaban J connectivity index is 1.92. The molecule has 0 aliphatic carbocycles. The maximum atomic E-state index is 11.7. The van der Waals surface area contributed by atoms with E-state index in [0.29, 0.717) is 25.3 Å². The van der Waals surface area contributed by atoms with Crippen LogP contribution in [0.5, 0.6) is 0 Å². The summed E-state index contributed by atoms with van der Waals surface area (Å²) in [7, 11) is -3.21. The third-order valence-corrected chi connectivity index (χ3v) is 4.49. The monoisotopic (exact) mass is 404 g/mol. The molecule has 1 heterocycles. The molecule has 0 aliphatic rings.